The Balaban J connectivity index is 1.77. The Morgan fingerprint density at radius 3 is 2.75 bits per heavy atom. The van der Waals surface area contributed by atoms with Gasteiger partial charge < -0.3 is 14.7 Å². The highest BCUT2D eigenvalue weighted by molar-refractivity contribution is 5.98. The van der Waals surface area contributed by atoms with E-state index in [1.165, 1.54) is 0 Å². The molecule has 3 heterocycles. The molecule has 146 valence electrons. The second-order valence-corrected chi connectivity index (χ2v) is 7.08. The lowest BCUT2D eigenvalue weighted by Gasteiger charge is -2.24. The van der Waals surface area contributed by atoms with Crippen molar-refractivity contribution in [3.05, 3.63) is 36.3 Å². The van der Waals surface area contributed by atoms with Gasteiger partial charge in [0.25, 0.3) is 0 Å². The maximum Gasteiger partial charge on any atom is 0.434 e. The van der Waals surface area contributed by atoms with Crippen LogP contribution in [0.5, 0.6) is 0 Å². The molecular weight excluding hydrogens is 358 g/mol. The van der Waals surface area contributed by atoms with Gasteiger partial charge in [0.05, 0.1) is 17.7 Å². The first-order valence-corrected chi connectivity index (χ1v) is 9.37. The average molecular weight is 381 g/mol. The Hall–Kier alpha value is -3.00. The number of methoxy groups -OCH3 is 1. The van der Waals surface area contributed by atoms with Gasteiger partial charge in [0.15, 0.2) is 5.65 Å². The first-order chi connectivity index (χ1) is 13.6. The molecule has 1 aliphatic rings. The molecule has 0 atom stereocenters. The predicted octanol–water partition coefficient (Wildman–Crippen LogP) is 3.37. The van der Waals surface area contributed by atoms with E-state index in [1.54, 1.807) is 13.3 Å². The van der Waals surface area contributed by atoms with Crippen molar-refractivity contribution >= 4 is 22.9 Å². The Morgan fingerprint density at radius 2 is 2.14 bits per heavy atom. The van der Waals surface area contributed by atoms with E-state index in [0.29, 0.717) is 18.2 Å². The van der Waals surface area contributed by atoms with Crippen LogP contribution in [-0.4, -0.2) is 58.3 Å². The molecule has 1 aliphatic carbocycles. The van der Waals surface area contributed by atoms with Gasteiger partial charge in [-0.2, -0.15) is 5.10 Å². The second-order valence-electron chi connectivity index (χ2n) is 7.08. The van der Waals surface area contributed by atoms with E-state index in [4.69, 9.17) is 4.74 Å². The highest BCUT2D eigenvalue weighted by Gasteiger charge is 2.29. The van der Waals surface area contributed by atoms with Crippen molar-refractivity contribution < 1.29 is 14.6 Å². The number of fused-ring (bicyclic) bond motifs is 1. The van der Waals surface area contributed by atoms with Crippen molar-refractivity contribution in [2.45, 2.75) is 25.2 Å². The lowest BCUT2D eigenvalue weighted by atomic mass is 9.81. The minimum atomic E-state index is -1.12. The Labute approximate surface area is 162 Å². The molecule has 0 spiro atoms. The number of likely N-dealkylation sites (N-methyl/N-ethyl adjacent to an activating group) is 1. The van der Waals surface area contributed by atoms with E-state index in [0.717, 1.165) is 58.5 Å². The Bertz CT molecular complexity index is 995. The van der Waals surface area contributed by atoms with Gasteiger partial charge in [0, 0.05) is 44.6 Å². The fourth-order valence-electron chi connectivity index (χ4n) is 3.52. The SMILES string of the molecule is COCCN(C)c1ccc(-c2ccnc3c2c(C2CCC2)nn3C(=O)O)cn1. The lowest BCUT2D eigenvalue weighted by Crippen LogP contribution is -2.22. The van der Waals surface area contributed by atoms with Gasteiger partial charge in [0.1, 0.15) is 5.82 Å². The maximum absolute atomic E-state index is 11.6. The van der Waals surface area contributed by atoms with Gasteiger partial charge in [-0.1, -0.05) is 6.42 Å². The van der Waals surface area contributed by atoms with E-state index in [2.05, 4.69) is 15.1 Å². The summed E-state index contributed by atoms with van der Waals surface area (Å²) in [5.74, 6) is 1.14. The minimum absolute atomic E-state index is 0.290. The zero-order valence-corrected chi connectivity index (χ0v) is 16.0. The molecule has 8 nitrogen and oxygen atoms in total. The molecule has 1 saturated carbocycles. The molecule has 0 saturated heterocycles. The number of hydrogen-bond donors (Lipinski definition) is 1. The van der Waals surface area contributed by atoms with Crippen LogP contribution in [0.3, 0.4) is 0 Å². The normalized spacial score (nSPS) is 14.2. The van der Waals surface area contributed by atoms with Crippen molar-refractivity contribution in [1.29, 1.82) is 0 Å². The first kappa shape index (κ1) is 18.4. The summed E-state index contributed by atoms with van der Waals surface area (Å²) in [6, 6.07) is 5.87. The molecule has 28 heavy (non-hydrogen) atoms. The van der Waals surface area contributed by atoms with E-state index >= 15 is 0 Å². The molecular formula is C20H23N5O3. The summed E-state index contributed by atoms with van der Waals surface area (Å²) < 4.78 is 6.11. The first-order valence-electron chi connectivity index (χ1n) is 9.37. The van der Waals surface area contributed by atoms with Crippen molar-refractivity contribution in [3.8, 4) is 11.1 Å². The third kappa shape index (κ3) is 3.20. The number of ether oxygens (including phenoxy) is 1. The summed E-state index contributed by atoms with van der Waals surface area (Å²) in [7, 11) is 3.65. The van der Waals surface area contributed by atoms with Crippen LogP contribution in [0.15, 0.2) is 30.6 Å². The average Bonchev–Trinajstić information content (AvgIpc) is 3.04. The molecule has 0 aromatic carbocycles. The predicted molar refractivity (Wildman–Crippen MR) is 106 cm³/mol. The molecule has 4 rings (SSSR count). The maximum atomic E-state index is 11.6. The van der Waals surface area contributed by atoms with Crippen LogP contribution in [0.25, 0.3) is 22.2 Å². The number of anilines is 1. The van der Waals surface area contributed by atoms with Gasteiger partial charge in [-0.25, -0.2) is 14.8 Å². The summed E-state index contributed by atoms with van der Waals surface area (Å²) in [4.78, 5) is 22.5. The highest BCUT2D eigenvalue weighted by Crippen LogP contribution is 2.41. The van der Waals surface area contributed by atoms with E-state index in [1.807, 2.05) is 36.3 Å². The standard InChI is InChI=1S/C20H23N5O3/c1-24(10-11-28-2)16-7-6-14(12-22-16)15-8-9-21-19-17(15)18(13-4-3-5-13)23-25(19)20(26)27/h6-9,12-13H,3-5,10-11H2,1-2H3,(H,26,27). The van der Waals surface area contributed by atoms with Crippen LogP contribution in [-0.2, 0) is 4.74 Å². The number of carbonyl (C=O) groups is 1. The van der Waals surface area contributed by atoms with Crippen LogP contribution in [0.1, 0.15) is 30.9 Å². The zero-order valence-electron chi connectivity index (χ0n) is 16.0. The van der Waals surface area contributed by atoms with Gasteiger partial charge in [0.2, 0.25) is 0 Å². The van der Waals surface area contributed by atoms with Crippen LogP contribution >= 0.6 is 0 Å². The smallest absolute Gasteiger partial charge is 0.434 e. The molecule has 3 aromatic heterocycles. The number of carboxylic acid groups (broad SMARTS) is 1. The van der Waals surface area contributed by atoms with Gasteiger partial charge in [-0.05, 0) is 36.6 Å². The molecule has 1 N–H and O–H groups in total. The topological polar surface area (TPSA) is 93.4 Å². The monoisotopic (exact) mass is 381 g/mol. The number of pyridine rings is 2. The summed E-state index contributed by atoms with van der Waals surface area (Å²) in [5, 5.41) is 14.7. The van der Waals surface area contributed by atoms with Crippen LogP contribution in [0.4, 0.5) is 10.6 Å². The van der Waals surface area contributed by atoms with Crippen LogP contribution < -0.4 is 4.90 Å². The summed E-state index contributed by atoms with van der Waals surface area (Å²) in [6.07, 6.45) is 5.53. The number of aromatic nitrogens is 4. The molecule has 3 aromatic rings. The van der Waals surface area contributed by atoms with E-state index in [9.17, 15) is 9.90 Å². The van der Waals surface area contributed by atoms with Gasteiger partial charge >= 0.3 is 6.09 Å². The molecule has 0 unspecified atom stereocenters. The molecule has 0 bridgehead atoms. The van der Waals surface area contributed by atoms with Crippen molar-refractivity contribution in [1.82, 2.24) is 19.7 Å². The van der Waals surface area contributed by atoms with Gasteiger partial charge in [-0.15, -0.1) is 4.68 Å². The van der Waals surface area contributed by atoms with Gasteiger partial charge in [-0.3, -0.25) is 0 Å². The summed E-state index contributed by atoms with van der Waals surface area (Å²) in [6.45, 7) is 1.38. The minimum Gasteiger partial charge on any atom is -0.463 e. The van der Waals surface area contributed by atoms with Crippen molar-refractivity contribution in [3.63, 3.8) is 0 Å². The van der Waals surface area contributed by atoms with Crippen LogP contribution in [0.2, 0.25) is 0 Å². The van der Waals surface area contributed by atoms with E-state index < -0.39 is 6.09 Å². The molecule has 0 amide bonds. The molecule has 8 heteroatoms. The molecule has 1 fully saturated rings. The van der Waals surface area contributed by atoms with E-state index in [-0.39, 0.29) is 0 Å². The second kappa shape index (κ2) is 7.55. The number of nitrogens with zero attached hydrogens (tertiary/aromatic N) is 5. The zero-order chi connectivity index (χ0) is 19.7. The molecule has 0 aliphatic heterocycles. The van der Waals surface area contributed by atoms with Crippen LogP contribution in [0, 0.1) is 0 Å². The van der Waals surface area contributed by atoms with Crippen molar-refractivity contribution in [2.24, 2.45) is 0 Å². The Morgan fingerprint density at radius 1 is 1.32 bits per heavy atom. The molecule has 0 radical (unpaired) electrons. The fourth-order valence-corrected chi connectivity index (χ4v) is 3.52. The third-order valence-electron chi connectivity index (χ3n) is 5.35. The Kier molecular flexibility index (Phi) is 4.95. The highest BCUT2D eigenvalue weighted by atomic mass is 16.5. The number of rotatable bonds is 6. The number of hydrogen-bond acceptors (Lipinski definition) is 6. The fraction of sp³-hybridized carbons (Fsp3) is 0.400. The third-order valence-corrected chi connectivity index (χ3v) is 5.35. The largest absolute Gasteiger partial charge is 0.463 e. The lowest BCUT2D eigenvalue weighted by molar-refractivity contribution is 0.193. The van der Waals surface area contributed by atoms with Crippen molar-refractivity contribution in [2.75, 3.05) is 32.2 Å². The summed E-state index contributed by atoms with van der Waals surface area (Å²) >= 11 is 0. The quantitative estimate of drug-likeness (QED) is 0.699. The summed E-state index contributed by atoms with van der Waals surface area (Å²) in [5.41, 5.74) is 3.04.